The van der Waals surface area contributed by atoms with E-state index in [-0.39, 0.29) is 5.84 Å². The van der Waals surface area contributed by atoms with Crippen molar-refractivity contribution in [2.75, 3.05) is 0 Å². The second-order valence-electron chi connectivity index (χ2n) is 4.48. The summed E-state index contributed by atoms with van der Waals surface area (Å²) in [5, 5.41) is 8.12. The van der Waals surface area contributed by atoms with Crippen LogP contribution in [-0.4, -0.2) is 11.1 Å². The lowest BCUT2D eigenvalue weighted by Crippen LogP contribution is -2.14. The Morgan fingerprint density at radius 1 is 1.31 bits per heavy atom. The van der Waals surface area contributed by atoms with Crippen molar-refractivity contribution in [2.45, 2.75) is 37.8 Å². The molecule has 0 aliphatic rings. The first-order chi connectivity index (χ1) is 7.41. The van der Waals surface area contributed by atoms with E-state index in [0.717, 1.165) is 16.0 Å². The van der Waals surface area contributed by atoms with Gasteiger partial charge in [0.2, 0.25) is 0 Å². The maximum atomic E-state index is 7.59. The normalized spacial score (nSPS) is 12.8. The van der Waals surface area contributed by atoms with Crippen molar-refractivity contribution in [1.82, 2.24) is 0 Å². The number of rotatable bonds is 4. The Labute approximate surface area is 102 Å². The number of nitrogens with two attached hydrogens (primary N) is 1. The van der Waals surface area contributed by atoms with Crippen LogP contribution in [0, 0.1) is 18.3 Å². The topological polar surface area (TPSA) is 49.9 Å². The summed E-state index contributed by atoms with van der Waals surface area (Å²) in [5.74, 6) is 0.772. The van der Waals surface area contributed by atoms with Crippen molar-refractivity contribution in [2.24, 2.45) is 11.7 Å². The van der Waals surface area contributed by atoms with Crippen LogP contribution in [0.1, 0.15) is 31.9 Å². The van der Waals surface area contributed by atoms with Gasteiger partial charge < -0.3 is 5.73 Å². The summed E-state index contributed by atoms with van der Waals surface area (Å²) >= 11 is 1.79. The Hall–Kier alpha value is -0.960. The Balaban J connectivity index is 2.99. The number of nitrogen functional groups attached to an aromatic ring is 1. The van der Waals surface area contributed by atoms with Crippen molar-refractivity contribution >= 4 is 17.6 Å². The minimum absolute atomic E-state index is 0.155. The zero-order chi connectivity index (χ0) is 12.3. The van der Waals surface area contributed by atoms with Gasteiger partial charge in [-0.15, -0.1) is 11.8 Å². The highest BCUT2D eigenvalue weighted by atomic mass is 32.2. The Morgan fingerprint density at radius 3 is 2.44 bits per heavy atom. The first-order valence-corrected chi connectivity index (χ1v) is 6.41. The lowest BCUT2D eigenvalue weighted by atomic mass is 10.1. The molecular formula is C13H20N2S. The maximum absolute atomic E-state index is 7.59. The lowest BCUT2D eigenvalue weighted by Gasteiger charge is -2.17. The van der Waals surface area contributed by atoms with Gasteiger partial charge in [-0.1, -0.05) is 32.4 Å². The minimum atomic E-state index is 0.155. The van der Waals surface area contributed by atoms with Crippen molar-refractivity contribution in [3.8, 4) is 0 Å². The predicted octanol–water partition coefficient (Wildman–Crippen LogP) is 3.42. The zero-order valence-electron chi connectivity index (χ0n) is 10.4. The molecule has 0 saturated heterocycles. The van der Waals surface area contributed by atoms with Gasteiger partial charge >= 0.3 is 0 Å². The third-order valence-electron chi connectivity index (χ3n) is 2.68. The molecule has 0 aromatic heterocycles. The fraction of sp³-hybridized carbons (Fsp3) is 0.462. The molecule has 2 nitrogen and oxygen atoms in total. The van der Waals surface area contributed by atoms with E-state index >= 15 is 0 Å². The maximum Gasteiger partial charge on any atom is 0.123 e. The van der Waals surface area contributed by atoms with Crippen LogP contribution in [0.4, 0.5) is 0 Å². The van der Waals surface area contributed by atoms with Crippen molar-refractivity contribution in [3.05, 3.63) is 29.3 Å². The van der Waals surface area contributed by atoms with Gasteiger partial charge in [-0.05, 0) is 25.0 Å². The fourth-order valence-electron chi connectivity index (χ4n) is 1.29. The van der Waals surface area contributed by atoms with E-state index in [1.165, 1.54) is 0 Å². The van der Waals surface area contributed by atoms with Gasteiger partial charge in [0.1, 0.15) is 5.84 Å². The highest BCUT2D eigenvalue weighted by Crippen LogP contribution is 2.30. The molecule has 1 rings (SSSR count). The summed E-state index contributed by atoms with van der Waals surface area (Å²) in [6.45, 7) is 8.64. The molecule has 1 unspecified atom stereocenters. The Bertz CT molecular complexity index is 386. The lowest BCUT2D eigenvalue weighted by molar-refractivity contribution is 0.642. The van der Waals surface area contributed by atoms with Crippen LogP contribution in [0.2, 0.25) is 0 Å². The average Bonchev–Trinajstić information content (AvgIpc) is 2.20. The molecule has 16 heavy (non-hydrogen) atoms. The number of thioether (sulfide) groups is 1. The highest BCUT2D eigenvalue weighted by Gasteiger charge is 2.13. The SMILES string of the molecule is Cc1ccc(SC(C)C(C)C)c(C(=N)N)c1. The van der Waals surface area contributed by atoms with Crippen LogP contribution in [-0.2, 0) is 0 Å². The van der Waals surface area contributed by atoms with Gasteiger partial charge in [-0.3, -0.25) is 5.41 Å². The highest BCUT2D eigenvalue weighted by molar-refractivity contribution is 8.00. The van der Waals surface area contributed by atoms with Crippen LogP contribution in [0.3, 0.4) is 0 Å². The first kappa shape index (κ1) is 13.1. The summed E-state index contributed by atoms with van der Waals surface area (Å²) in [6, 6.07) is 6.12. The molecule has 88 valence electrons. The average molecular weight is 236 g/mol. The molecule has 1 atom stereocenters. The number of nitrogens with one attached hydrogen (secondary N) is 1. The molecule has 0 spiro atoms. The number of aryl methyl sites for hydroxylation is 1. The van der Waals surface area contributed by atoms with E-state index < -0.39 is 0 Å². The molecule has 0 aliphatic carbocycles. The molecule has 3 heteroatoms. The van der Waals surface area contributed by atoms with Gasteiger partial charge in [-0.25, -0.2) is 0 Å². The molecule has 0 bridgehead atoms. The van der Waals surface area contributed by atoms with Gasteiger partial charge in [0.15, 0.2) is 0 Å². The summed E-state index contributed by atoms with van der Waals surface area (Å²) < 4.78 is 0. The predicted molar refractivity (Wildman–Crippen MR) is 72.4 cm³/mol. The second kappa shape index (κ2) is 5.39. The minimum Gasteiger partial charge on any atom is -0.384 e. The molecule has 0 amide bonds. The zero-order valence-corrected chi connectivity index (χ0v) is 11.2. The third-order valence-corrected chi connectivity index (χ3v) is 4.20. The number of benzene rings is 1. The third kappa shape index (κ3) is 3.27. The molecule has 0 aliphatic heterocycles. The fourth-order valence-corrected chi connectivity index (χ4v) is 2.41. The summed E-state index contributed by atoms with van der Waals surface area (Å²) in [4.78, 5) is 1.11. The monoisotopic (exact) mass is 236 g/mol. The van der Waals surface area contributed by atoms with Crippen LogP contribution in [0.5, 0.6) is 0 Å². The number of hydrogen-bond donors (Lipinski definition) is 2. The van der Waals surface area contributed by atoms with Crippen LogP contribution in [0.15, 0.2) is 23.1 Å². The van der Waals surface area contributed by atoms with E-state index in [2.05, 4.69) is 32.9 Å². The number of amidine groups is 1. The van der Waals surface area contributed by atoms with Crippen LogP contribution < -0.4 is 5.73 Å². The van der Waals surface area contributed by atoms with E-state index in [0.29, 0.717) is 11.2 Å². The van der Waals surface area contributed by atoms with Gasteiger partial charge in [0, 0.05) is 15.7 Å². The van der Waals surface area contributed by atoms with E-state index in [1.54, 1.807) is 11.8 Å². The summed E-state index contributed by atoms with van der Waals surface area (Å²) in [7, 11) is 0. The summed E-state index contributed by atoms with van der Waals surface area (Å²) in [5.41, 5.74) is 7.61. The summed E-state index contributed by atoms with van der Waals surface area (Å²) in [6.07, 6.45) is 0. The van der Waals surface area contributed by atoms with E-state index in [1.807, 2.05) is 13.0 Å². The van der Waals surface area contributed by atoms with E-state index in [9.17, 15) is 0 Å². The van der Waals surface area contributed by atoms with Crippen molar-refractivity contribution < 1.29 is 0 Å². The van der Waals surface area contributed by atoms with E-state index in [4.69, 9.17) is 11.1 Å². The molecule has 1 aromatic carbocycles. The number of hydrogen-bond acceptors (Lipinski definition) is 2. The molecule has 0 radical (unpaired) electrons. The molecule has 0 fully saturated rings. The van der Waals surface area contributed by atoms with Crippen molar-refractivity contribution in [1.29, 1.82) is 5.41 Å². The first-order valence-electron chi connectivity index (χ1n) is 5.53. The van der Waals surface area contributed by atoms with Gasteiger partial charge in [0.25, 0.3) is 0 Å². The smallest absolute Gasteiger partial charge is 0.123 e. The van der Waals surface area contributed by atoms with Gasteiger partial charge in [-0.2, -0.15) is 0 Å². The van der Waals surface area contributed by atoms with Crippen molar-refractivity contribution in [3.63, 3.8) is 0 Å². The second-order valence-corrected chi connectivity index (χ2v) is 5.90. The molecule has 1 aromatic rings. The molecule has 0 saturated carbocycles. The Morgan fingerprint density at radius 2 is 1.94 bits per heavy atom. The quantitative estimate of drug-likeness (QED) is 0.478. The molecule has 0 heterocycles. The standard InChI is InChI=1S/C13H20N2S/c1-8(2)10(4)16-12-6-5-9(3)7-11(12)13(14)15/h5-8,10H,1-4H3,(H3,14,15). The molecular weight excluding hydrogens is 216 g/mol. The van der Waals surface area contributed by atoms with Crippen LogP contribution in [0.25, 0.3) is 0 Å². The van der Waals surface area contributed by atoms with Crippen LogP contribution >= 0.6 is 11.8 Å². The molecule has 3 N–H and O–H groups in total. The Kier molecular flexibility index (Phi) is 4.42. The largest absolute Gasteiger partial charge is 0.384 e. The van der Waals surface area contributed by atoms with Gasteiger partial charge in [0.05, 0.1) is 0 Å².